The molecule has 0 bridgehead atoms. The Morgan fingerprint density at radius 2 is 1.79 bits per heavy atom. The maximum atomic E-state index is 13.1. The number of phenolic OH excluding ortho intramolecular Hbond substituents is 1. The highest BCUT2D eigenvalue weighted by Gasteiger charge is 2.46. The number of amides is 1. The van der Waals surface area contributed by atoms with Gasteiger partial charge in [0, 0.05) is 32.2 Å². The molecule has 174 valence electrons. The van der Waals surface area contributed by atoms with E-state index >= 15 is 0 Å². The minimum Gasteiger partial charge on any atom is -0.507 e. The van der Waals surface area contributed by atoms with Gasteiger partial charge >= 0.3 is 0 Å². The molecule has 1 amide bonds. The summed E-state index contributed by atoms with van der Waals surface area (Å²) < 4.78 is 10.5. The Morgan fingerprint density at radius 1 is 1.09 bits per heavy atom. The van der Waals surface area contributed by atoms with Crippen LogP contribution in [0.3, 0.4) is 0 Å². The number of aliphatic hydroxyl groups is 1. The molecule has 2 fully saturated rings. The van der Waals surface area contributed by atoms with Crippen LogP contribution in [0, 0.1) is 6.92 Å². The van der Waals surface area contributed by atoms with Crippen LogP contribution in [0.4, 0.5) is 0 Å². The summed E-state index contributed by atoms with van der Waals surface area (Å²) in [7, 11) is 1.46. The van der Waals surface area contributed by atoms with E-state index in [9.17, 15) is 19.8 Å². The van der Waals surface area contributed by atoms with E-state index in [1.54, 1.807) is 6.07 Å². The van der Waals surface area contributed by atoms with Gasteiger partial charge in [-0.1, -0.05) is 29.8 Å². The van der Waals surface area contributed by atoms with Crippen molar-refractivity contribution in [2.45, 2.75) is 13.0 Å². The summed E-state index contributed by atoms with van der Waals surface area (Å²) >= 11 is 0. The second-order valence-electron chi connectivity index (χ2n) is 8.24. The number of aromatic hydroxyl groups is 1. The number of carbonyl (C=O) groups excluding carboxylic acids is 2. The summed E-state index contributed by atoms with van der Waals surface area (Å²) in [5.41, 5.74) is 1.79. The zero-order chi connectivity index (χ0) is 23.5. The van der Waals surface area contributed by atoms with Crippen molar-refractivity contribution in [3.63, 3.8) is 0 Å². The molecule has 0 radical (unpaired) electrons. The van der Waals surface area contributed by atoms with Crippen molar-refractivity contribution < 1.29 is 29.3 Å². The van der Waals surface area contributed by atoms with Gasteiger partial charge in [-0.25, -0.2) is 0 Å². The number of likely N-dealkylation sites (tertiary alicyclic amines) is 1. The molecule has 2 heterocycles. The van der Waals surface area contributed by atoms with Crippen molar-refractivity contribution >= 4 is 17.4 Å². The third kappa shape index (κ3) is 4.58. The summed E-state index contributed by atoms with van der Waals surface area (Å²) in [4.78, 5) is 29.9. The quantitative estimate of drug-likeness (QED) is 0.395. The lowest BCUT2D eigenvalue weighted by Crippen LogP contribution is -2.42. The molecule has 2 N–H and O–H groups in total. The molecule has 0 aliphatic carbocycles. The van der Waals surface area contributed by atoms with E-state index in [0.717, 1.165) is 24.2 Å². The van der Waals surface area contributed by atoms with Crippen LogP contribution in [0.1, 0.15) is 22.7 Å². The summed E-state index contributed by atoms with van der Waals surface area (Å²) in [6, 6.07) is 11.2. The third-order valence-electron chi connectivity index (χ3n) is 6.15. The maximum absolute atomic E-state index is 13.1. The Kier molecular flexibility index (Phi) is 6.67. The van der Waals surface area contributed by atoms with Crippen LogP contribution in [0.15, 0.2) is 48.0 Å². The first-order valence-corrected chi connectivity index (χ1v) is 10.9. The smallest absolute Gasteiger partial charge is 0.295 e. The molecule has 2 aromatic rings. The molecule has 8 nitrogen and oxygen atoms in total. The zero-order valence-electron chi connectivity index (χ0n) is 18.8. The maximum Gasteiger partial charge on any atom is 0.295 e. The number of aliphatic hydroxyl groups excluding tert-OH is 1. The number of nitrogens with zero attached hydrogens (tertiary/aromatic N) is 2. The van der Waals surface area contributed by atoms with Crippen molar-refractivity contribution in [1.29, 1.82) is 0 Å². The molecule has 1 atom stereocenters. The molecule has 2 aliphatic rings. The number of hydrogen-bond acceptors (Lipinski definition) is 7. The van der Waals surface area contributed by atoms with Gasteiger partial charge in [0.05, 0.1) is 37.5 Å². The number of ketones is 1. The van der Waals surface area contributed by atoms with Crippen molar-refractivity contribution in [2.75, 3.05) is 46.5 Å². The van der Waals surface area contributed by atoms with Gasteiger partial charge in [-0.05, 0) is 24.6 Å². The van der Waals surface area contributed by atoms with E-state index in [1.165, 1.54) is 24.1 Å². The molecule has 2 aliphatic heterocycles. The van der Waals surface area contributed by atoms with Gasteiger partial charge in [0.2, 0.25) is 0 Å². The molecule has 8 heteroatoms. The van der Waals surface area contributed by atoms with E-state index in [2.05, 4.69) is 4.90 Å². The highest BCUT2D eigenvalue weighted by Crippen LogP contribution is 2.41. The van der Waals surface area contributed by atoms with E-state index < -0.39 is 23.5 Å². The highest BCUT2D eigenvalue weighted by atomic mass is 16.5. The lowest BCUT2D eigenvalue weighted by atomic mass is 9.94. The lowest BCUT2D eigenvalue weighted by molar-refractivity contribution is -0.140. The van der Waals surface area contributed by atoms with Gasteiger partial charge in [0.15, 0.2) is 0 Å². The number of Topliss-reactive ketones (excluding diaryl/α,β-unsaturated/α-hetero) is 1. The zero-order valence-corrected chi connectivity index (χ0v) is 18.8. The Morgan fingerprint density at radius 3 is 2.42 bits per heavy atom. The molecule has 2 aromatic carbocycles. The van der Waals surface area contributed by atoms with Crippen LogP contribution >= 0.6 is 0 Å². The molecule has 0 saturated carbocycles. The van der Waals surface area contributed by atoms with E-state index in [1.807, 2.05) is 31.2 Å². The monoisotopic (exact) mass is 452 g/mol. The first kappa shape index (κ1) is 22.8. The van der Waals surface area contributed by atoms with Crippen LogP contribution in [-0.2, 0) is 14.3 Å². The predicted molar refractivity (Wildman–Crippen MR) is 122 cm³/mol. The van der Waals surface area contributed by atoms with Crippen molar-refractivity contribution in [1.82, 2.24) is 9.80 Å². The fourth-order valence-corrected chi connectivity index (χ4v) is 4.26. The van der Waals surface area contributed by atoms with Gasteiger partial charge in [0.25, 0.3) is 11.7 Å². The number of phenols is 1. The van der Waals surface area contributed by atoms with Crippen LogP contribution in [0.2, 0.25) is 0 Å². The molecule has 2 saturated heterocycles. The van der Waals surface area contributed by atoms with Crippen molar-refractivity contribution in [2.24, 2.45) is 0 Å². The minimum absolute atomic E-state index is 0.0358. The van der Waals surface area contributed by atoms with Gasteiger partial charge in [-0.3, -0.25) is 14.5 Å². The average Bonchev–Trinajstić information content (AvgIpc) is 3.08. The second-order valence-corrected chi connectivity index (χ2v) is 8.24. The molecular formula is C25H28N2O6. The number of rotatable bonds is 6. The number of morpholine rings is 1. The Bertz CT molecular complexity index is 1070. The number of ether oxygens (including phenoxy) is 2. The fourth-order valence-electron chi connectivity index (χ4n) is 4.26. The van der Waals surface area contributed by atoms with Crippen LogP contribution in [0.25, 0.3) is 5.76 Å². The van der Waals surface area contributed by atoms with Gasteiger partial charge in [-0.2, -0.15) is 0 Å². The van der Waals surface area contributed by atoms with Gasteiger partial charge < -0.3 is 24.6 Å². The Hall–Kier alpha value is -3.36. The van der Waals surface area contributed by atoms with E-state index in [-0.39, 0.29) is 16.9 Å². The van der Waals surface area contributed by atoms with Crippen molar-refractivity contribution in [3.05, 3.63) is 64.7 Å². The standard InChI is InChI=1S/C25H28N2O6/c1-16-3-5-17(6-4-16)22-21(23(29)19-8-7-18(32-2)15-20(19)28)24(30)25(31)27(22)10-9-26-11-13-33-14-12-26/h3-8,15,22,28-29H,9-14H2,1-2H3/t22-/m1/s1. The fraction of sp³-hybridized carbons (Fsp3) is 0.360. The predicted octanol–water partition coefficient (Wildman–Crippen LogP) is 2.46. The largest absolute Gasteiger partial charge is 0.507 e. The SMILES string of the molecule is COc1ccc(C(O)=C2C(=O)C(=O)N(CCN3CCOCC3)[C@@H]2c2ccc(C)cc2)c(O)c1. The molecular weight excluding hydrogens is 424 g/mol. The molecule has 33 heavy (non-hydrogen) atoms. The summed E-state index contributed by atoms with van der Waals surface area (Å²) in [5, 5.41) is 21.6. The van der Waals surface area contributed by atoms with E-state index in [0.29, 0.717) is 32.1 Å². The average molecular weight is 453 g/mol. The number of methoxy groups -OCH3 is 1. The first-order chi connectivity index (χ1) is 15.9. The molecule has 0 aromatic heterocycles. The number of benzene rings is 2. The molecule has 4 rings (SSSR count). The summed E-state index contributed by atoms with van der Waals surface area (Å²) in [5.74, 6) is -1.68. The lowest BCUT2D eigenvalue weighted by Gasteiger charge is -2.31. The second kappa shape index (κ2) is 9.64. The summed E-state index contributed by atoms with van der Waals surface area (Å²) in [6.07, 6.45) is 0. The van der Waals surface area contributed by atoms with Crippen LogP contribution < -0.4 is 4.74 Å². The minimum atomic E-state index is -0.768. The Labute approximate surface area is 192 Å². The van der Waals surface area contributed by atoms with Crippen LogP contribution in [-0.4, -0.2) is 78.2 Å². The number of aryl methyl sites for hydroxylation is 1. The Balaban J connectivity index is 1.75. The van der Waals surface area contributed by atoms with Gasteiger partial charge in [0.1, 0.15) is 17.3 Å². The van der Waals surface area contributed by atoms with E-state index in [4.69, 9.17) is 9.47 Å². The van der Waals surface area contributed by atoms with Gasteiger partial charge in [-0.15, -0.1) is 0 Å². The molecule has 0 spiro atoms. The summed E-state index contributed by atoms with van der Waals surface area (Å²) in [6.45, 7) is 5.67. The van der Waals surface area contributed by atoms with Crippen molar-refractivity contribution in [3.8, 4) is 11.5 Å². The number of carbonyl (C=O) groups is 2. The highest BCUT2D eigenvalue weighted by molar-refractivity contribution is 6.46. The third-order valence-corrected chi connectivity index (χ3v) is 6.15. The topological polar surface area (TPSA) is 99.5 Å². The van der Waals surface area contributed by atoms with Crippen LogP contribution in [0.5, 0.6) is 11.5 Å². The normalized spacial score (nSPS) is 20.9. The molecule has 0 unspecified atom stereocenters. The first-order valence-electron chi connectivity index (χ1n) is 10.9. The number of hydrogen-bond donors (Lipinski definition) is 2.